The molecule has 0 amide bonds. The van der Waals surface area contributed by atoms with E-state index in [9.17, 15) is 13.2 Å². The molecule has 0 heterocycles. The van der Waals surface area contributed by atoms with Crippen LogP contribution in [0.3, 0.4) is 0 Å². The van der Waals surface area contributed by atoms with Crippen molar-refractivity contribution in [3.05, 3.63) is 29.8 Å². The first kappa shape index (κ1) is 17.9. The lowest BCUT2D eigenvalue weighted by Crippen LogP contribution is -2.42. The lowest BCUT2D eigenvalue weighted by molar-refractivity contribution is -0.128. The second kappa shape index (κ2) is 5.91. The predicted octanol–water partition coefficient (Wildman–Crippen LogP) is 2.85. The van der Waals surface area contributed by atoms with Gasteiger partial charge in [-0.3, -0.25) is 9.35 Å². The van der Waals surface area contributed by atoms with E-state index < -0.39 is 21.3 Å². The topological polar surface area (TPSA) is 97.5 Å². The number of nitrogens with two attached hydrogens (primary N) is 1. The van der Waals surface area contributed by atoms with Gasteiger partial charge in [-0.15, -0.1) is 0 Å². The molecule has 0 spiro atoms. The molecule has 1 aromatic carbocycles. The number of rotatable bonds is 2. The summed E-state index contributed by atoms with van der Waals surface area (Å²) >= 11 is 0. The molecule has 6 heteroatoms. The molecule has 0 saturated heterocycles. The summed E-state index contributed by atoms with van der Waals surface area (Å²) in [6, 6.07) is 7.80. The molecule has 2 unspecified atom stereocenters. The highest BCUT2D eigenvalue weighted by Gasteiger charge is 2.65. The van der Waals surface area contributed by atoms with Gasteiger partial charge in [0.15, 0.2) is 0 Å². The van der Waals surface area contributed by atoms with Gasteiger partial charge in [0.25, 0.3) is 10.1 Å². The third kappa shape index (κ3) is 3.28. The summed E-state index contributed by atoms with van der Waals surface area (Å²) in [5.41, 5.74) is 6.41. The van der Waals surface area contributed by atoms with Crippen molar-refractivity contribution in [1.82, 2.24) is 0 Å². The van der Waals surface area contributed by atoms with Crippen LogP contribution in [0.25, 0.3) is 0 Å². The van der Waals surface area contributed by atoms with E-state index in [0.717, 1.165) is 17.7 Å². The molecule has 128 valence electrons. The molecule has 3 N–H and O–H groups in total. The van der Waals surface area contributed by atoms with Gasteiger partial charge in [-0.2, -0.15) is 8.42 Å². The van der Waals surface area contributed by atoms with Gasteiger partial charge in [0, 0.05) is 12.1 Å². The fourth-order valence-corrected chi connectivity index (χ4v) is 5.31. The van der Waals surface area contributed by atoms with Crippen LogP contribution < -0.4 is 5.73 Å². The Balaban J connectivity index is 0.000000203. The smallest absolute Gasteiger partial charge is 0.265 e. The SMILES string of the molecule is CC1(C)C2CCC1(CS(=O)(=O)O)C(=O)C2.Cc1ccccc1N. The number of benzene rings is 1. The Morgan fingerprint density at radius 2 is 1.91 bits per heavy atom. The molecule has 0 radical (unpaired) electrons. The molecule has 2 aliphatic rings. The summed E-state index contributed by atoms with van der Waals surface area (Å²) in [6.45, 7) is 5.89. The van der Waals surface area contributed by atoms with E-state index in [1.807, 2.05) is 45.0 Å². The fraction of sp³-hybridized carbons (Fsp3) is 0.588. The summed E-state index contributed by atoms with van der Waals surface area (Å²) < 4.78 is 31.0. The van der Waals surface area contributed by atoms with Gasteiger partial charge < -0.3 is 5.73 Å². The van der Waals surface area contributed by atoms with Crippen molar-refractivity contribution in [3.63, 3.8) is 0 Å². The predicted molar refractivity (Wildman–Crippen MR) is 90.6 cm³/mol. The summed E-state index contributed by atoms with van der Waals surface area (Å²) in [5.74, 6) is -0.101. The van der Waals surface area contributed by atoms with Crippen molar-refractivity contribution in [2.45, 2.75) is 40.0 Å². The maximum atomic E-state index is 11.9. The van der Waals surface area contributed by atoms with Gasteiger partial charge in [-0.25, -0.2) is 0 Å². The molecule has 2 aliphatic carbocycles. The molecule has 2 saturated carbocycles. The van der Waals surface area contributed by atoms with Crippen molar-refractivity contribution in [1.29, 1.82) is 0 Å². The maximum absolute atomic E-state index is 11.9. The maximum Gasteiger partial charge on any atom is 0.265 e. The largest absolute Gasteiger partial charge is 0.399 e. The van der Waals surface area contributed by atoms with Gasteiger partial charge in [-0.1, -0.05) is 32.0 Å². The van der Waals surface area contributed by atoms with E-state index in [-0.39, 0.29) is 17.1 Å². The number of carbonyl (C=O) groups excluding carboxylic acids is 1. The summed E-state index contributed by atoms with van der Waals surface area (Å²) in [7, 11) is -4.08. The Kier molecular flexibility index (Phi) is 4.61. The average molecular weight is 339 g/mol. The zero-order chi connectivity index (χ0) is 17.5. The number of hydrogen-bond donors (Lipinski definition) is 2. The number of Topliss-reactive ketones (excluding diaryl/α,β-unsaturated/α-hetero) is 1. The number of nitrogen functional groups attached to an aromatic ring is 1. The van der Waals surface area contributed by atoms with E-state index in [2.05, 4.69) is 0 Å². The third-order valence-electron chi connectivity index (χ3n) is 5.76. The number of anilines is 1. The Labute approximate surface area is 138 Å². The Bertz CT molecular complexity index is 690. The monoisotopic (exact) mass is 339 g/mol. The van der Waals surface area contributed by atoms with E-state index in [1.54, 1.807) is 0 Å². The van der Waals surface area contributed by atoms with Crippen LogP contribution in [0.1, 0.15) is 38.7 Å². The molecular formula is C17H25NO4S. The van der Waals surface area contributed by atoms with Crippen LogP contribution in [-0.4, -0.2) is 24.5 Å². The van der Waals surface area contributed by atoms with Crippen LogP contribution in [0.5, 0.6) is 0 Å². The van der Waals surface area contributed by atoms with E-state index in [4.69, 9.17) is 10.3 Å². The van der Waals surface area contributed by atoms with Crippen LogP contribution >= 0.6 is 0 Å². The van der Waals surface area contributed by atoms with Gasteiger partial charge in [-0.05, 0) is 42.7 Å². The van der Waals surface area contributed by atoms with Crippen molar-refractivity contribution >= 4 is 21.6 Å². The number of fused-ring (bicyclic) bond motifs is 2. The highest BCUT2D eigenvalue weighted by atomic mass is 32.2. The molecule has 23 heavy (non-hydrogen) atoms. The molecule has 5 nitrogen and oxygen atoms in total. The van der Waals surface area contributed by atoms with Crippen LogP contribution in [0.4, 0.5) is 5.69 Å². The van der Waals surface area contributed by atoms with Gasteiger partial charge in [0.1, 0.15) is 5.78 Å². The molecule has 3 rings (SSSR count). The van der Waals surface area contributed by atoms with E-state index in [1.165, 1.54) is 0 Å². The normalized spacial score (nSPS) is 28.3. The van der Waals surface area contributed by atoms with Gasteiger partial charge >= 0.3 is 0 Å². The number of aryl methyl sites for hydroxylation is 1. The second-order valence-electron chi connectivity index (χ2n) is 7.25. The molecule has 2 fully saturated rings. The number of carbonyl (C=O) groups is 1. The van der Waals surface area contributed by atoms with E-state index in [0.29, 0.717) is 12.8 Å². The lowest BCUT2D eigenvalue weighted by Gasteiger charge is -2.35. The van der Waals surface area contributed by atoms with Crippen LogP contribution in [0.2, 0.25) is 0 Å². The second-order valence-corrected chi connectivity index (χ2v) is 8.70. The standard InChI is InChI=1S/C10H16O4S.C7H9N/c1-9(2)7-3-4-10(9,8(11)5-7)6-15(12,13)14;1-6-4-2-3-5-7(6)8/h7H,3-6H2,1-2H3,(H,12,13,14);2-5H,8H2,1H3. The van der Waals surface area contributed by atoms with E-state index >= 15 is 0 Å². The first-order valence-electron chi connectivity index (χ1n) is 7.79. The summed E-state index contributed by atoms with van der Waals surface area (Å²) in [4.78, 5) is 11.9. The molecular weight excluding hydrogens is 314 g/mol. The summed E-state index contributed by atoms with van der Waals surface area (Å²) in [5, 5.41) is 0. The van der Waals surface area contributed by atoms with Crippen molar-refractivity contribution in [3.8, 4) is 0 Å². The lowest BCUT2D eigenvalue weighted by atomic mass is 9.70. The average Bonchev–Trinajstić information content (AvgIpc) is 2.75. The number of hydrogen-bond acceptors (Lipinski definition) is 4. The van der Waals surface area contributed by atoms with Gasteiger partial charge in [0.05, 0.1) is 11.2 Å². The van der Waals surface area contributed by atoms with Gasteiger partial charge in [0.2, 0.25) is 0 Å². The first-order chi connectivity index (χ1) is 10.5. The van der Waals surface area contributed by atoms with Crippen LogP contribution in [0.15, 0.2) is 24.3 Å². The van der Waals surface area contributed by atoms with Crippen molar-refractivity contribution < 1.29 is 17.8 Å². The van der Waals surface area contributed by atoms with Crippen molar-refractivity contribution in [2.24, 2.45) is 16.7 Å². The Morgan fingerprint density at radius 3 is 2.26 bits per heavy atom. The van der Waals surface area contributed by atoms with Crippen LogP contribution in [0, 0.1) is 23.7 Å². The molecule has 0 aromatic heterocycles. The minimum absolute atomic E-state index is 0.0152. The molecule has 2 bridgehead atoms. The first-order valence-corrected chi connectivity index (χ1v) is 9.40. The minimum atomic E-state index is -4.08. The molecule has 0 aliphatic heterocycles. The quantitative estimate of drug-likeness (QED) is 0.638. The fourth-order valence-electron chi connectivity index (χ4n) is 4.01. The highest BCUT2D eigenvalue weighted by Crippen LogP contribution is 2.64. The third-order valence-corrected chi connectivity index (χ3v) is 6.61. The Morgan fingerprint density at radius 1 is 1.30 bits per heavy atom. The number of para-hydroxylation sites is 1. The van der Waals surface area contributed by atoms with Crippen molar-refractivity contribution in [2.75, 3.05) is 11.5 Å². The van der Waals surface area contributed by atoms with Crippen LogP contribution in [-0.2, 0) is 14.9 Å². The zero-order valence-electron chi connectivity index (χ0n) is 13.9. The summed E-state index contributed by atoms with van der Waals surface area (Å²) in [6.07, 6.45) is 1.97. The Hall–Kier alpha value is -1.40. The zero-order valence-corrected chi connectivity index (χ0v) is 14.7. The number of ketones is 1. The highest BCUT2D eigenvalue weighted by molar-refractivity contribution is 7.85. The minimum Gasteiger partial charge on any atom is -0.399 e. The molecule has 1 aromatic rings. The molecule has 2 atom stereocenters.